The molecule has 28 heavy (non-hydrogen) atoms. The number of nitrogens with zero attached hydrogens (tertiary/aromatic N) is 6. The molecule has 1 N–H and O–H groups in total. The summed E-state index contributed by atoms with van der Waals surface area (Å²) in [6.07, 6.45) is 3.63. The number of aromatic nitrogens is 5. The van der Waals surface area contributed by atoms with Crippen LogP contribution in [-0.4, -0.2) is 57.4 Å². The molecule has 3 heterocycles. The van der Waals surface area contributed by atoms with Crippen LogP contribution in [0.2, 0.25) is 0 Å². The molecule has 0 saturated carbocycles. The van der Waals surface area contributed by atoms with E-state index in [1.165, 1.54) is 6.33 Å². The fourth-order valence-corrected chi connectivity index (χ4v) is 3.03. The second kappa shape index (κ2) is 8.57. The first-order valence-corrected chi connectivity index (χ1v) is 9.14. The van der Waals surface area contributed by atoms with E-state index in [0.29, 0.717) is 13.0 Å². The van der Waals surface area contributed by atoms with Gasteiger partial charge in [-0.05, 0) is 45.8 Å². The predicted octanol–water partition coefficient (Wildman–Crippen LogP) is 0.753. The molecule has 9 heteroatoms. The van der Waals surface area contributed by atoms with Crippen molar-refractivity contribution in [2.45, 2.75) is 13.0 Å². The number of pyridine rings is 1. The summed E-state index contributed by atoms with van der Waals surface area (Å²) >= 11 is 0. The van der Waals surface area contributed by atoms with Crippen molar-refractivity contribution >= 4 is 11.7 Å². The van der Waals surface area contributed by atoms with Crippen LogP contribution in [0.15, 0.2) is 48.9 Å². The average molecular weight is 379 g/mol. The first-order valence-electron chi connectivity index (χ1n) is 9.14. The van der Waals surface area contributed by atoms with Crippen LogP contribution in [0.25, 0.3) is 5.69 Å². The minimum Gasteiger partial charge on any atom is -0.378 e. The van der Waals surface area contributed by atoms with Crippen LogP contribution in [-0.2, 0) is 22.5 Å². The highest BCUT2D eigenvalue weighted by atomic mass is 16.5. The Labute approximate surface area is 162 Å². The fourth-order valence-electron chi connectivity index (χ4n) is 3.03. The van der Waals surface area contributed by atoms with Gasteiger partial charge in [-0.15, -0.1) is 5.10 Å². The maximum Gasteiger partial charge on any atom is 0.224 e. The third-order valence-corrected chi connectivity index (χ3v) is 4.55. The van der Waals surface area contributed by atoms with Crippen LogP contribution in [0.1, 0.15) is 11.1 Å². The summed E-state index contributed by atoms with van der Waals surface area (Å²) in [5.74, 6) is 0.896. The van der Waals surface area contributed by atoms with Crippen LogP contribution in [0.5, 0.6) is 0 Å². The zero-order chi connectivity index (χ0) is 19.2. The SMILES string of the molecule is O=C(Cc1ccc(-n2cnnn2)cc1)NCc1ccnc(N2CCOCC2)c1. The van der Waals surface area contributed by atoms with Gasteiger partial charge in [0.15, 0.2) is 0 Å². The quantitative estimate of drug-likeness (QED) is 0.675. The summed E-state index contributed by atoms with van der Waals surface area (Å²) in [6, 6.07) is 11.5. The Hall–Kier alpha value is -3.33. The summed E-state index contributed by atoms with van der Waals surface area (Å²) in [4.78, 5) is 18.9. The number of tetrazole rings is 1. The number of benzene rings is 1. The molecule has 1 fully saturated rings. The van der Waals surface area contributed by atoms with Crippen molar-refractivity contribution in [3.63, 3.8) is 0 Å². The van der Waals surface area contributed by atoms with E-state index >= 15 is 0 Å². The summed E-state index contributed by atoms with van der Waals surface area (Å²) in [5, 5.41) is 14.0. The van der Waals surface area contributed by atoms with Gasteiger partial charge in [-0.3, -0.25) is 4.79 Å². The Morgan fingerprint density at radius 2 is 1.93 bits per heavy atom. The molecule has 1 aliphatic rings. The smallest absolute Gasteiger partial charge is 0.224 e. The van der Waals surface area contributed by atoms with Crippen LogP contribution in [0, 0.1) is 0 Å². The van der Waals surface area contributed by atoms with Crippen LogP contribution >= 0.6 is 0 Å². The highest BCUT2D eigenvalue weighted by Gasteiger charge is 2.13. The van der Waals surface area contributed by atoms with Gasteiger partial charge < -0.3 is 15.0 Å². The molecule has 1 amide bonds. The molecule has 3 aromatic rings. The number of anilines is 1. The van der Waals surface area contributed by atoms with Gasteiger partial charge in [0.25, 0.3) is 0 Å². The first kappa shape index (κ1) is 18.1. The number of ether oxygens (including phenoxy) is 1. The minimum atomic E-state index is -0.0279. The maximum atomic E-state index is 12.3. The molecular weight excluding hydrogens is 358 g/mol. The minimum absolute atomic E-state index is 0.0279. The van der Waals surface area contributed by atoms with E-state index in [4.69, 9.17) is 4.74 Å². The highest BCUT2D eigenvalue weighted by Crippen LogP contribution is 2.14. The molecule has 0 spiro atoms. The Kier molecular flexibility index (Phi) is 5.53. The molecule has 0 radical (unpaired) electrons. The molecule has 4 rings (SSSR count). The van der Waals surface area contributed by atoms with E-state index < -0.39 is 0 Å². The molecule has 1 aliphatic heterocycles. The number of carbonyl (C=O) groups is 1. The molecule has 144 valence electrons. The van der Waals surface area contributed by atoms with E-state index in [9.17, 15) is 4.79 Å². The van der Waals surface area contributed by atoms with E-state index in [0.717, 1.165) is 48.9 Å². The summed E-state index contributed by atoms with van der Waals surface area (Å²) in [5.41, 5.74) is 2.80. The summed E-state index contributed by atoms with van der Waals surface area (Å²) in [7, 11) is 0. The standard InChI is InChI=1S/C19H21N7O2/c27-19(12-15-1-3-17(4-2-15)26-14-22-23-24-26)21-13-16-5-6-20-18(11-16)25-7-9-28-10-8-25/h1-6,11,14H,7-10,12-13H2,(H,21,27). The number of nitrogens with one attached hydrogen (secondary N) is 1. The van der Waals surface area contributed by atoms with Crippen molar-refractivity contribution in [1.29, 1.82) is 0 Å². The van der Waals surface area contributed by atoms with Crippen molar-refractivity contribution in [2.75, 3.05) is 31.2 Å². The third kappa shape index (κ3) is 4.49. The van der Waals surface area contributed by atoms with Gasteiger partial charge in [0.1, 0.15) is 12.1 Å². The van der Waals surface area contributed by atoms with Crippen LogP contribution < -0.4 is 10.2 Å². The van der Waals surface area contributed by atoms with Crippen LogP contribution in [0.3, 0.4) is 0 Å². The van der Waals surface area contributed by atoms with Gasteiger partial charge in [-0.1, -0.05) is 12.1 Å². The van der Waals surface area contributed by atoms with Gasteiger partial charge in [-0.2, -0.15) is 0 Å². The lowest BCUT2D eigenvalue weighted by Gasteiger charge is -2.28. The predicted molar refractivity (Wildman–Crippen MR) is 102 cm³/mol. The topological polar surface area (TPSA) is 98.1 Å². The Morgan fingerprint density at radius 1 is 1.11 bits per heavy atom. The van der Waals surface area contributed by atoms with Crippen molar-refractivity contribution in [2.24, 2.45) is 0 Å². The van der Waals surface area contributed by atoms with Gasteiger partial charge >= 0.3 is 0 Å². The van der Waals surface area contributed by atoms with Crippen molar-refractivity contribution < 1.29 is 9.53 Å². The summed E-state index contributed by atoms with van der Waals surface area (Å²) in [6.45, 7) is 3.58. The number of hydrogen-bond acceptors (Lipinski definition) is 7. The molecule has 0 unspecified atom stereocenters. The fraction of sp³-hybridized carbons (Fsp3) is 0.316. The molecule has 0 atom stereocenters. The molecule has 2 aromatic heterocycles. The second-order valence-electron chi connectivity index (χ2n) is 6.50. The largest absolute Gasteiger partial charge is 0.378 e. The highest BCUT2D eigenvalue weighted by molar-refractivity contribution is 5.78. The van der Waals surface area contributed by atoms with Gasteiger partial charge in [-0.25, -0.2) is 9.67 Å². The maximum absolute atomic E-state index is 12.3. The van der Waals surface area contributed by atoms with Gasteiger partial charge in [0.05, 0.1) is 25.3 Å². The average Bonchev–Trinajstić information content (AvgIpc) is 3.29. The molecule has 0 bridgehead atoms. The van der Waals surface area contributed by atoms with Crippen molar-refractivity contribution in [1.82, 2.24) is 30.5 Å². The normalized spacial score (nSPS) is 14.1. The Morgan fingerprint density at radius 3 is 2.68 bits per heavy atom. The lowest BCUT2D eigenvalue weighted by molar-refractivity contribution is -0.120. The van der Waals surface area contributed by atoms with E-state index in [-0.39, 0.29) is 5.91 Å². The van der Waals surface area contributed by atoms with E-state index in [1.807, 2.05) is 36.4 Å². The Balaban J connectivity index is 1.31. The zero-order valence-electron chi connectivity index (χ0n) is 15.4. The molecular formula is C19H21N7O2. The van der Waals surface area contributed by atoms with E-state index in [2.05, 4.69) is 30.7 Å². The van der Waals surface area contributed by atoms with Crippen molar-refractivity contribution in [3.8, 4) is 5.69 Å². The lowest BCUT2D eigenvalue weighted by Crippen LogP contribution is -2.36. The third-order valence-electron chi connectivity index (χ3n) is 4.55. The number of rotatable bonds is 6. The summed E-state index contributed by atoms with van der Waals surface area (Å²) < 4.78 is 6.95. The number of morpholine rings is 1. The number of hydrogen-bond donors (Lipinski definition) is 1. The molecule has 9 nitrogen and oxygen atoms in total. The Bertz CT molecular complexity index is 906. The zero-order valence-corrected chi connectivity index (χ0v) is 15.4. The van der Waals surface area contributed by atoms with Gasteiger partial charge in [0.2, 0.25) is 5.91 Å². The second-order valence-corrected chi connectivity index (χ2v) is 6.50. The van der Waals surface area contributed by atoms with Crippen molar-refractivity contribution in [3.05, 3.63) is 60.0 Å². The monoisotopic (exact) mass is 379 g/mol. The molecule has 1 saturated heterocycles. The van der Waals surface area contributed by atoms with Gasteiger partial charge in [0, 0.05) is 25.8 Å². The van der Waals surface area contributed by atoms with E-state index in [1.54, 1.807) is 10.9 Å². The molecule has 0 aliphatic carbocycles. The van der Waals surface area contributed by atoms with Crippen LogP contribution in [0.4, 0.5) is 5.82 Å². The first-order chi connectivity index (χ1) is 13.8. The number of carbonyl (C=O) groups excluding carboxylic acids is 1. The lowest BCUT2D eigenvalue weighted by atomic mass is 10.1. The number of amides is 1. The molecule has 1 aromatic carbocycles.